The van der Waals surface area contributed by atoms with Crippen molar-refractivity contribution in [3.05, 3.63) is 55.2 Å². The number of benzene rings is 1. The maximum atomic E-state index is 13.2. The monoisotopic (exact) mass is 527 g/mol. The molecular weight excluding hydrogens is 498 g/mol. The molecule has 0 bridgehead atoms. The van der Waals surface area contributed by atoms with Crippen LogP contribution >= 0.6 is 22.9 Å². The number of nitro benzene ring substituents is 1. The molecule has 1 atom stereocenters. The summed E-state index contributed by atoms with van der Waals surface area (Å²) < 4.78 is 0. The summed E-state index contributed by atoms with van der Waals surface area (Å²) in [6.07, 6.45) is 6.86. The van der Waals surface area contributed by atoms with Gasteiger partial charge in [0, 0.05) is 49.1 Å². The molecule has 1 fully saturated rings. The molecule has 2 aliphatic rings. The molecular formula is C26H30ClN5O3S. The SMILES string of the molecule is CCC(C)c1nc(N2CCN(C(=O)c3ccc([N+](=O)[O-])cc3Cl)CC2)c2c3c(sc2n1)CCCCC3. The van der Waals surface area contributed by atoms with Gasteiger partial charge in [0.1, 0.15) is 16.5 Å². The molecule has 1 saturated heterocycles. The largest absolute Gasteiger partial charge is 0.352 e. The van der Waals surface area contributed by atoms with Crippen LogP contribution in [0.5, 0.6) is 0 Å². The molecule has 0 radical (unpaired) electrons. The molecule has 1 aromatic carbocycles. The number of anilines is 1. The molecule has 3 aromatic rings. The Hall–Kier alpha value is -2.78. The first-order chi connectivity index (χ1) is 17.4. The van der Waals surface area contributed by atoms with E-state index in [1.165, 1.54) is 53.3 Å². The molecule has 0 spiro atoms. The van der Waals surface area contributed by atoms with E-state index in [0.29, 0.717) is 31.7 Å². The van der Waals surface area contributed by atoms with Crippen molar-refractivity contribution in [2.45, 2.75) is 58.3 Å². The van der Waals surface area contributed by atoms with Crippen LogP contribution in [0.2, 0.25) is 5.02 Å². The van der Waals surface area contributed by atoms with Crippen LogP contribution in [0.15, 0.2) is 18.2 Å². The van der Waals surface area contributed by atoms with Crippen LogP contribution in [0.4, 0.5) is 11.5 Å². The average Bonchev–Trinajstić information content (AvgIpc) is 3.07. The van der Waals surface area contributed by atoms with Crippen molar-refractivity contribution in [2.75, 3.05) is 31.1 Å². The van der Waals surface area contributed by atoms with Gasteiger partial charge >= 0.3 is 0 Å². The number of hydrogen-bond donors (Lipinski definition) is 0. The van der Waals surface area contributed by atoms with Crippen molar-refractivity contribution < 1.29 is 9.72 Å². The fraction of sp³-hybridized carbons (Fsp3) is 0.500. The zero-order chi connectivity index (χ0) is 25.4. The minimum absolute atomic E-state index is 0.105. The molecule has 1 aliphatic heterocycles. The molecule has 2 aromatic heterocycles. The van der Waals surface area contributed by atoms with E-state index < -0.39 is 4.92 Å². The van der Waals surface area contributed by atoms with E-state index in [2.05, 4.69) is 18.7 Å². The Balaban J connectivity index is 1.42. The summed E-state index contributed by atoms with van der Waals surface area (Å²) in [4.78, 5) is 40.4. The maximum absolute atomic E-state index is 13.2. The van der Waals surface area contributed by atoms with Crippen LogP contribution in [-0.2, 0) is 12.8 Å². The minimum atomic E-state index is -0.514. The molecule has 1 unspecified atom stereocenters. The van der Waals surface area contributed by atoms with Crippen molar-refractivity contribution in [3.8, 4) is 0 Å². The summed E-state index contributed by atoms with van der Waals surface area (Å²) >= 11 is 8.06. The third-order valence-electron chi connectivity index (χ3n) is 7.38. The van der Waals surface area contributed by atoms with Crippen LogP contribution in [0.25, 0.3) is 10.2 Å². The second-order valence-electron chi connectivity index (χ2n) is 9.66. The number of thiophene rings is 1. The molecule has 1 aliphatic carbocycles. The molecule has 8 nitrogen and oxygen atoms in total. The standard InChI is InChI=1S/C26H30ClN5O3S/c1-3-16(2)23-28-24(22-19-7-5-4-6-8-21(19)36-25(22)29-23)30-11-13-31(14-12-30)26(33)18-10-9-17(32(34)35)15-20(18)27/h9-10,15-16H,3-8,11-14H2,1-2H3. The maximum Gasteiger partial charge on any atom is 0.270 e. The number of aryl methyl sites for hydroxylation is 2. The first-order valence-corrected chi connectivity index (χ1v) is 13.9. The number of nitro groups is 1. The van der Waals surface area contributed by atoms with Gasteiger partial charge in [-0.05, 0) is 43.7 Å². The molecule has 1 amide bonds. The van der Waals surface area contributed by atoms with E-state index in [1.807, 2.05) is 11.3 Å². The molecule has 36 heavy (non-hydrogen) atoms. The van der Waals surface area contributed by atoms with E-state index in [-0.39, 0.29) is 22.5 Å². The topological polar surface area (TPSA) is 92.5 Å². The summed E-state index contributed by atoms with van der Waals surface area (Å²) in [6, 6.07) is 4.01. The Morgan fingerprint density at radius 3 is 2.61 bits per heavy atom. The predicted molar refractivity (Wildman–Crippen MR) is 144 cm³/mol. The van der Waals surface area contributed by atoms with Crippen molar-refractivity contribution in [3.63, 3.8) is 0 Å². The molecule has 5 rings (SSSR count). The summed E-state index contributed by atoms with van der Waals surface area (Å²) in [5, 5.41) is 12.3. The lowest BCUT2D eigenvalue weighted by molar-refractivity contribution is -0.384. The van der Waals surface area contributed by atoms with Crippen LogP contribution in [-0.4, -0.2) is 51.9 Å². The van der Waals surface area contributed by atoms with Crippen LogP contribution in [0.1, 0.15) is 72.1 Å². The predicted octanol–water partition coefficient (Wildman–Crippen LogP) is 6.00. The van der Waals surface area contributed by atoms with Gasteiger partial charge in [-0.25, -0.2) is 9.97 Å². The quantitative estimate of drug-likeness (QED) is 0.229. The third kappa shape index (κ3) is 4.66. The van der Waals surface area contributed by atoms with E-state index in [4.69, 9.17) is 21.6 Å². The highest BCUT2D eigenvalue weighted by Crippen LogP contribution is 2.40. The Morgan fingerprint density at radius 2 is 1.92 bits per heavy atom. The van der Waals surface area contributed by atoms with Gasteiger partial charge in [-0.2, -0.15) is 0 Å². The number of halogens is 1. The van der Waals surface area contributed by atoms with Gasteiger partial charge in [0.05, 0.1) is 20.9 Å². The lowest BCUT2D eigenvalue weighted by Crippen LogP contribution is -2.49. The normalized spacial score (nSPS) is 17.1. The summed E-state index contributed by atoms with van der Waals surface area (Å²) in [5.74, 6) is 1.98. The average molecular weight is 528 g/mol. The van der Waals surface area contributed by atoms with Gasteiger partial charge in [0.15, 0.2) is 0 Å². The van der Waals surface area contributed by atoms with Crippen molar-refractivity contribution in [1.29, 1.82) is 0 Å². The molecule has 190 valence electrons. The van der Waals surface area contributed by atoms with E-state index >= 15 is 0 Å². The van der Waals surface area contributed by atoms with Crippen LogP contribution in [0.3, 0.4) is 0 Å². The zero-order valence-electron chi connectivity index (χ0n) is 20.6. The zero-order valence-corrected chi connectivity index (χ0v) is 22.2. The number of hydrogen-bond acceptors (Lipinski definition) is 7. The van der Waals surface area contributed by atoms with Gasteiger partial charge in [-0.3, -0.25) is 14.9 Å². The van der Waals surface area contributed by atoms with Gasteiger partial charge in [0.2, 0.25) is 0 Å². The molecule has 10 heteroatoms. The van der Waals surface area contributed by atoms with Crippen molar-refractivity contribution in [2.24, 2.45) is 0 Å². The number of aromatic nitrogens is 2. The second-order valence-corrected chi connectivity index (χ2v) is 11.2. The van der Waals surface area contributed by atoms with Gasteiger partial charge in [0.25, 0.3) is 11.6 Å². The second kappa shape index (κ2) is 10.3. The van der Waals surface area contributed by atoms with Crippen molar-refractivity contribution >= 4 is 50.6 Å². The number of amides is 1. The first-order valence-electron chi connectivity index (χ1n) is 12.7. The molecule has 0 saturated carbocycles. The lowest BCUT2D eigenvalue weighted by Gasteiger charge is -2.36. The highest BCUT2D eigenvalue weighted by atomic mass is 35.5. The van der Waals surface area contributed by atoms with Gasteiger partial charge < -0.3 is 9.80 Å². The molecule has 0 N–H and O–H groups in total. The number of piperazine rings is 1. The number of carbonyl (C=O) groups excluding carboxylic acids is 1. The highest BCUT2D eigenvalue weighted by molar-refractivity contribution is 7.19. The Morgan fingerprint density at radius 1 is 1.17 bits per heavy atom. The fourth-order valence-electron chi connectivity index (χ4n) is 5.05. The number of nitrogens with zero attached hydrogens (tertiary/aromatic N) is 5. The van der Waals surface area contributed by atoms with Crippen LogP contribution < -0.4 is 4.90 Å². The summed E-state index contributed by atoms with van der Waals surface area (Å²) in [6.45, 7) is 6.72. The van der Waals surface area contributed by atoms with E-state index in [1.54, 1.807) is 4.90 Å². The van der Waals surface area contributed by atoms with E-state index in [9.17, 15) is 14.9 Å². The third-order valence-corrected chi connectivity index (χ3v) is 8.87. The lowest BCUT2D eigenvalue weighted by atomic mass is 10.1. The Kier molecular flexibility index (Phi) is 7.12. The smallest absolute Gasteiger partial charge is 0.270 e. The fourth-order valence-corrected chi connectivity index (χ4v) is 6.56. The minimum Gasteiger partial charge on any atom is -0.352 e. The first kappa shape index (κ1) is 24.9. The molecule has 3 heterocycles. The number of non-ortho nitro benzene ring substituents is 1. The summed E-state index contributed by atoms with van der Waals surface area (Å²) in [5.41, 5.74) is 1.60. The van der Waals surface area contributed by atoms with Crippen molar-refractivity contribution in [1.82, 2.24) is 14.9 Å². The Bertz CT molecular complexity index is 1320. The highest BCUT2D eigenvalue weighted by Gasteiger charge is 2.29. The van der Waals surface area contributed by atoms with E-state index in [0.717, 1.165) is 35.7 Å². The number of rotatable bonds is 5. The number of fused-ring (bicyclic) bond motifs is 3. The Labute approximate surface area is 219 Å². The van der Waals surface area contributed by atoms with Gasteiger partial charge in [-0.15, -0.1) is 11.3 Å². The van der Waals surface area contributed by atoms with Gasteiger partial charge in [-0.1, -0.05) is 31.9 Å². The van der Waals surface area contributed by atoms with Crippen LogP contribution in [0, 0.1) is 10.1 Å². The number of carbonyl (C=O) groups is 1. The summed E-state index contributed by atoms with van der Waals surface area (Å²) in [7, 11) is 0.